The second-order valence-corrected chi connectivity index (χ2v) is 6.97. The number of carboxylic acid groups (broad SMARTS) is 1. The monoisotopic (exact) mass is 341 g/mol. The minimum absolute atomic E-state index is 0.0543. The van der Waals surface area contributed by atoms with Crippen molar-refractivity contribution in [3.8, 4) is 0 Å². The molecule has 0 spiro atoms. The van der Waals surface area contributed by atoms with Gasteiger partial charge in [-0.15, -0.1) is 0 Å². The second-order valence-electron chi connectivity index (χ2n) is 3.87. The topological polar surface area (TPSA) is 83.5 Å². The molecule has 1 unspecified atom stereocenters. The van der Waals surface area contributed by atoms with Gasteiger partial charge in [0.1, 0.15) is 16.8 Å². The van der Waals surface area contributed by atoms with Crippen LogP contribution in [0.25, 0.3) is 0 Å². The summed E-state index contributed by atoms with van der Waals surface area (Å²) in [6, 6.07) is 1.76. The lowest BCUT2D eigenvalue weighted by Crippen LogP contribution is -2.41. The van der Waals surface area contributed by atoms with Gasteiger partial charge in [-0.1, -0.05) is 11.6 Å². The average Bonchev–Trinajstić information content (AvgIpc) is 2.33. The molecule has 0 saturated carbocycles. The molecule has 0 aromatic heterocycles. The summed E-state index contributed by atoms with van der Waals surface area (Å²) in [6.45, 7) is 0. The van der Waals surface area contributed by atoms with E-state index in [1.54, 1.807) is 6.26 Å². The summed E-state index contributed by atoms with van der Waals surface area (Å²) in [5, 5.41) is 9.03. The molecule has 0 heterocycles. The van der Waals surface area contributed by atoms with Crippen molar-refractivity contribution in [1.82, 2.24) is 4.72 Å². The van der Waals surface area contributed by atoms with Gasteiger partial charge in [0.2, 0.25) is 10.0 Å². The lowest BCUT2D eigenvalue weighted by atomic mass is 10.2. The fourth-order valence-electron chi connectivity index (χ4n) is 1.41. The third-order valence-corrected chi connectivity index (χ3v) is 4.77. The van der Waals surface area contributed by atoms with E-state index in [0.29, 0.717) is 5.75 Å². The molecule has 0 aliphatic heterocycles. The number of thioether (sulfide) groups is 1. The zero-order valence-electron chi connectivity index (χ0n) is 10.5. The number of aliphatic carboxylic acids is 1. The minimum atomic E-state index is -4.26. The summed E-state index contributed by atoms with van der Waals surface area (Å²) in [6.07, 6.45) is 1.87. The summed E-state index contributed by atoms with van der Waals surface area (Å²) >= 11 is 6.92. The lowest BCUT2D eigenvalue weighted by molar-refractivity contribution is -0.139. The SMILES string of the molecule is CSCCC(NS(=O)(=O)c1ccc(Cl)cc1F)C(=O)O. The van der Waals surface area contributed by atoms with Crippen LogP contribution in [0, 0.1) is 5.82 Å². The van der Waals surface area contributed by atoms with Crippen LogP contribution in [0.2, 0.25) is 5.02 Å². The highest BCUT2D eigenvalue weighted by atomic mass is 35.5. The number of rotatable bonds is 7. The van der Waals surface area contributed by atoms with Gasteiger partial charge < -0.3 is 5.11 Å². The second kappa shape index (κ2) is 7.26. The third-order valence-electron chi connectivity index (χ3n) is 2.39. The molecule has 0 amide bonds. The van der Waals surface area contributed by atoms with Gasteiger partial charge in [0, 0.05) is 5.02 Å². The molecule has 1 aromatic carbocycles. The zero-order chi connectivity index (χ0) is 15.3. The van der Waals surface area contributed by atoms with Crippen molar-refractivity contribution in [3.63, 3.8) is 0 Å². The summed E-state index contributed by atoms with van der Waals surface area (Å²) in [4.78, 5) is 10.4. The molecule has 1 atom stereocenters. The Balaban J connectivity index is 3.00. The van der Waals surface area contributed by atoms with Crippen LogP contribution in [0.5, 0.6) is 0 Å². The van der Waals surface area contributed by atoms with E-state index in [2.05, 4.69) is 0 Å². The highest BCUT2D eigenvalue weighted by molar-refractivity contribution is 7.98. The number of carbonyl (C=O) groups is 1. The maximum Gasteiger partial charge on any atom is 0.321 e. The lowest BCUT2D eigenvalue weighted by Gasteiger charge is -2.14. The van der Waals surface area contributed by atoms with E-state index in [1.807, 2.05) is 4.72 Å². The Labute approximate surface area is 125 Å². The van der Waals surface area contributed by atoms with Crippen molar-refractivity contribution < 1.29 is 22.7 Å². The molecule has 0 fully saturated rings. The van der Waals surface area contributed by atoms with Gasteiger partial charge in [-0.3, -0.25) is 4.79 Å². The van der Waals surface area contributed by atoms with Crippen LogP contribution >= 0.6 is 23.4 Å². The maximum atomic E-state index is 13.6. The predicted molar refractivity (Wildman–Crippen MR) is 76.2 cm³/mol. The number of sulfonamides is 1. The minimum Gasteiger partial charge on any atom is -0.480 e. The quantitative estimate of drug-likeness (QED) is 0.792. The van der Waals surface area contributed by atoms with Crippen molar-refractivity contribution in [1.29, 1.82) is 0 Å². The van der Waals surface area contributed by atoms with Gasteiger partial charge in [0.05, 0.1) is 0 Å². The van der Waals surface area contributed by atoms with Crippen molar-refractivity contribution in [2.75, 3.05) is 12.0 Å². The Morgan fingerprint density at radius 1 is 1.55 bits per heavy atom. The number of hydrogen-bond donors (Lipinski definition) is 2. The first-order valence-electron chi connectivity index (χ1n) is 5.47. The summed E-state index contributed by atoms with van der Waals surface area (Å²) in [5.74, 6) is -1.88. The Kier molecular flexibility index (Phi) is 6.25. The highest BCUT2D eigenvalue weighted by Gasteiger charge is 2.27. The molecule has 0 aliphatic carbocycles. The number of carboxylic acids is 1. The van der Waals surface area contributed by atoms with Crippen molar-refractivity contribution in [3.05, 3.63) is 29.0 Å². The molecular weight excluding hydrogens is 329 g/mol. The molecule has 112 valence electrons. The van der Waals surface area contributed by atoms with E-state index >= 15 is 0 Å². The van der Waals surface area contributed by atoms with E-state index in [-0.39, 0.29) is 11.4 Å². The molecule has 0 saturated heterocycles. The average molecular weight is 342 g/mol. The van der Waals surface area contributed by atoms with Crippen LogP contribution < -0.4 is 4.72 Å². The number of benzene rings is 1. The van der Waals surface area contributed by atoms with Gasteiger partial charge in [-0.05, 0) is 36.6 Å². The first-order chi connectivity index (χ1) is 9.27. The summed E-state index contributed by atoms with van der Waals surface area (Å²) in [7, 11) is -4.26. The van der Waals surface area contributed by atoms with Crippen LogP contribution in [0.15, 0.2) is 23.1 Å². The molecule has 1 aromatic rings. The fraction of sp³-hybridized carbons (Fsp3) is 0.364. The van der Waals surface area contributed by atoms with E-state index < -0.39 is 32.7 Å². The molecule has 20 heavy (non-hydrogen) atoms. The van der Waals surface area contributed by atoms with Gasteiger partial charge in [-0.25, -0.2) is 12.8 Å². The molecule has 5 nitrogen and oxygen atoms in total. The highest BCUT2D eigenvalue weighted by Crippen LogP contribution is 2.19. The Bertz CT molecular complexity index is 594. The number of nitrogens with one attached hydrogen (secondary N) is 1. The van der Waals surface area contributed by atoms with Gasteiger partial charge in [0.15, 0.2) is 0 Å². The van der Waals surface area contributed by atoms with E-state index in [1.165, 1.54) is 17.8 Å². The standard InChI is InChI=1S/C11H13ClFNO4S2/c1-19-5-4-9(11(15)16)14-20(17,18)10-3-2-7(12)6-8(10)13/h2-3,6,9,14H,4-5H2,1H3,(H,15,16). The Morgan fingerprint density at radius 3 is 2.70 bits per heavy atom. The number of halogens is 2. The van der Waals surface area contributed by atoms with Crippen molar-refractivity contribution in [2.24, 2.45) is 0 Å². The van der Waals surface area contributed by atoms with Crippen LogP contribution in [-0.2, 0) is 14.8 Å². The van der Waals surface area contributed by atoms with Crippen LogP contribution in [0.1, 0.15) is 6.42 Å². The van der Waals surface area contributed by atoms with Crippen LogP contribution in [0.3, 0.4) is 0 Å². The van der Waals surface area contributed by atoms with E-state index in [9.17, 15) is 17.6 Å². The van der Waals surface area contributed by atoms with Gasteiger partial charge >= 0.3 is 5.97 Å². The Morgan fingerprint density at radius 2 is 2.20 bits per heavy atom. The molecule has 9 heteroatoms. The smallest absolute Gasteiger partial charge is 0.321 e. The molecular formula is C11H13ClFNO4S2. The predicted octanol–water partition coefficient (Wildman–Crippen LogP) is 1.96. The molecule has 2 N–H and O–H groups in total. The van der Waals surface area contributed by atoms with Gasteiger partial charge in [-0.2, -0.15) is 16.5 Å². The Hall–Kier alpha value is -0.830. The first-order valence-corrected chi connectivity index (χ1v) is 8.72. The van der Waals surface area contributed by atoms with E-state index in [4.69, 9.17) is 16.7 Å². The van der Waals surface area contributed by atoms with Crippen molar-refractivity contribution in [2.45, 2.75) is 17.4 Å². The summed E-state index contributed by atoms with van der Waals surface area (Å²) < 4.78 is 39.5. The third kappa shape index (κ3) is 4.62. The first kappa shape index (κ1) is 17.2. The number of hydrogen-bond acceptors (Lipinski definition) is 4. The van der Waals surface area contributed by atoms with Gasteiger partial charge in [0.25, 0.3) is 0 Å². The van der Waals surface area contributed by atoms with Crippen LogP contribution in [0.4, 0.5) is 4.39 Å². The molecule has 1 rings (SSSR count). The molecule has 0 aliphatic rings. The van der Waals surface area contributed by atoms with Crippen molar-refractivity contribution >= 4 is 39.4 Å². The maximum absolute atomic E-state index is 13.6. The summed E-state index contributed by atoms with van der Waals surface area (Å²) in [5.41, 5.74) is 0. The van der Waals surface area contributed by atoms with Crippen LogP contribution in [-0.4, -0.2) is 37.5 Å². The molecule has 0 bridgehead atoms. The van der Waals surface area contributed by atoms with E-state index in [0.717, 1.165) is 12.1 Å². The normalized spacial score (nSPS) is 13.2. The fourth-order valence-corrected chi connectivity index (χ4v) is 3.33. The zero-order valence-corrected chi connectivity index (χ0v) is 12.9. The molecule has 0 radical (unpaired) electrons. The largest absolute Gasteiger partial charge is 0.480 e.